The molecule has 0 N–H and O–H groups in total. The third-order valence-electron chi connectivity index (χ3n) is 3.23. The summed E-state index contributed by atoms with van der Waals surface area (Å²) in [5.41, 5.74) is 4.59. The second-order valence-electron chi connectivity index (χ2n) is 4.56. The van der Waals surface area contributed by atoms with Gasteiger partial charge in [0.05, 0.1) is 11.9 Å². The molecule has 1 atom stereocenters. The molecule has 19 heavy (non-hydrogen) atoms. The van der Waals surface area contributed by atoms with Gasteiger partial charge in [0.1, 0.15) is 5.75 Å². The van der Waals surface area contributed by atoms with Gasteiger partial charge in [-0.3, -0.25) is 0 Å². The van der Waals surface area contributed by atoms with Crippen LogP contribution in [-0.4, -0.2) is 7.11 Å². The molecule has 0 spiro atoms. The van der Waals surface area contributed by atoms with Crippen molar-refractivity contribution in [3.8, 4) is 5.75 Å². The van der Waals surface area contributed by atoms with Gasteiger partial charge in [-0.25, -0.2) is 0 Å². The zero-order chi connectivity index (χ0) is 14.0. The van der Waals surface area contributed by atoms with E-state index >= 15 is 0 Å². The minimum atomic E-state index is 0.0969. The van der Waals surface area contributed by atoms with Crippen molar-refractivity contribution in [3.05, 3.63) is 63.7 Å². The van der Waals surface area contributed by atoms with Crippen LogP contribution >= 0.6 is 27.5 Å². The first-order chi connectivity index (χ1) is 9.04. The molecular weight excluding hydrogens is 324 g/mol. The molecule has 0 heterocycles. The molecule has 0 fully saturated rings. The number of methoxy groups -OCH3 is 1. The summed E-state index contributed by atoms with van der Waals surface area (Å²) >= 11 is 9.93. The van der Waals surface area contributed by atoms with Gasteiger partial charge in [-0.15, -0.1) is 0 Å². The SMILES string of the molecule is COc1ccccc1C(Br)c1cc(C)c(Cl)cc1C. The van der Waals surface area contributed by atoms with Gasteiger partial charge in [0.15, 0.2) is 0 Å². The number of para-hydroxylation sites is 1. The maximum absolute atomic E-state index is 6.16. The van der Waals surface area contributed by atoms with Crippen LogP contribution in [0.25, 0.3) is 0 Å². The molecule has 0 aliphatic rings. The summed E-state index contributed by atoms with van der Waals surface area (Å²) in [6.45, 7) is 4.09. The lowest BCUT2D eigenvalue weighted by Crippen LogP contribution is -2.00. The first kappa shape index (κ1) is 14.4. The molecule has 100 valence electrons. The number of ether oxygens (including phenoxy) is 1. The molecule has 2 aromatic rings. The summed E-state index contributed by atoms with van der Waals surface area (Å²) in [5, 5.41) is 0.806. The number of halogens is 2. The molecule has 0 amide bonds. The van der Waals surface area contributed by atoms with Gasteiger partial charge in [-0.05, 0) is 42.7 Å². The maximum atomic E-state index is 6.16. The lowest BCUT2D eigenvalue weighted by atomic mass is 9.98. The smallest absolute Gasteiger partial charge is 0.123 e. The molecule has 0 aliphatic carbocycles. The van der Waals surface area contributed by atoms with Crippen LogP contribution in [0.4, 0.5) is 0 Å². The number of hydrogen-bond acceptors (Lipinski definition) is 1. The summed E-state index contributed by atoms with van der Waals surface area (Å²) in [4.78, 5) is 0.0969. The van der Waals surface area contributed by atoms with Crippen molar-refractivity contribution in [1.29, 1.82) is 0 Å². The fourth-order valence-electron chi connectivity index (χ4n) is 2.12. The average molecular weight is 340 g/mol. The van der Waals surface area contributed by atoms with E-state index in [0.717, 1.165) is 21.9 Å². The molecule has 0 saturated carbocycles. The maximum Gasteiger partial charge on any atom is 0.123 e. The van der Waals surface area contributed by atoms with Gasteiger partial charge < -0.3 is 4.74 Å². The summed E-state index contributed by atoms with van der Waals surface area (Å²) in [5.74, 6) is 0.886. The first-order valence-corrected chi connectivity index (χ1v) is 7.37. The van der Waals surface area contributed by atoms with E-state index < -0.39 is 0 Å². The second kappa shape index (κ2) is 5.98. The van der Waals surface area contributed by atoms with Crippen LogP contribution in [0.3, 0.4) is 0 Å². The summed E-state index contributed by atoms with van der Waals surface area (Å²) < 4.78 is 5.43. The highest BCUT2D eigenvalue weighted by molar-refractivity contribution is 9.09. The van der Waals surface area contributed by atoms with E-state index in [9.17, 15) is 0 Å². The zero-order valence-corrected chi connectivity index (χ0v) is 13.5. The Morgan fingerprint density at radius 3 is 2.42 bits per heavy atom. The van der Waals surface area contributed by atoms with Crippen LogP contribution in [0, 0.1) is 13.8 Å². The highest BCUT2D eigenvalue weighted by Gasteiger charge is 2.17. The third-order valence-corrected chi connectivity index (χ3v) is 4.63. The normalized spacial score (nSPS) is 12.3. The first-order valence-electron chi connectivity index (χ1n) is 6.08. The summed E-state index contributed by atoms with van der Waals surface area (Å²) in [6.07, 6.45) is 0. The Morgan fingerprint density at radius 2 is 1.74 bits per heavy atom. The van der Waals surface area contributed by atoms with E-state index in [2.05, 4.69) is 35.0 Å². The third kappa shape index (κ3) is 2.96. The summed E-state index contributed by atoms with van der Waals surface area (Å²) in [6, 6.07) is 12.2. The Labute approximate surface area is 127 Å². The number of benzene rings is 2. The molecule has 0 aliphatic heterocycles. The van der Waals surface area contributed by atoms with Crippen molar-refractivity contribution in [1.82, 2.24) is 0 Å². The molecule has 1 nitrogen and oxygen atoms in total. The minimum Gasteiger partial charge on any atom is -0.496 e. The van der Waals surface area contributed by atoms with E-state index in [0.29, 0.717) is 0 Å². The number of hydrogen-bond donors (Lipinski definition) is 0. The molecule has 0 saturated heterocycles. The lowest BCUT2D eigenvalue weighted by Gasteiger charge is -2.17. The highest BCUT2D eigenvalue weighted by atomic mass is 79.9. The zero-order valence-electron chi connectivity index (χ0n) is 11.2. The lowest BCUT2D eigenvalue weighted by molar-refractivity contribution is 0.410. The topological polar surface area (TPSA) is 9.23 Å². The number of aryl methyl sites for hydroxylation is 2. The Bertz CT molecular complexity index is 595. The standard InChI is InChI=1S/C16H16BrClO/c1-10-9-14(18)11(2)8-13(10)16(17)12-6-4-5-7-15(12)19-3/h4-9,16H,1-3H3. The van der Waals surface area contributed by atoms with E-state index in [1.807, 2.05) is 31.2 Å². The van der Waals surface area contributed by atoms with Gasteiger partial charge >= 0.3 is 0 Å². The highest BCUT2D eigenvalue weighted by Crippen LogP contribution is 2.39. The van der Waals surface area contributed by atoms with Gasteiger partial charge in [-0.2, -0.15) is 0 Å². The van der Waals surface area contributed by atoms with Gasteiger partial charge in [0.2, 0.25) is 0 Å². The molecule has 0 radical (unpaired) electrons. The van der Waals surface area contributed by atoms with Crippen LogP contribution < -0.4 is 4.74 Å². The fourth-order valence-corrected chi connectivity index (χ4v) is 3.21. The summed E-state index contributed by atoms with van der Waals surface area (Å²) in [7, 11) is 1.69. The van der Waals surface area contributed by atoms with Crippen molar-refractivity contribution in [2.45, 2.75) is 18.7 Å². The monoisotopic (exact) mass is 338 g/mol. The van der Waals surface area contributed by atoms with Crippen LogP contribution in [0.15, 0.2) is 36.4 Å². The number of alkyl halides is 1. The van der Waals surface area contributed by atoms with Crippen LogP contribution in [0.2, 0.25) is 5.02 Å². The Morgan fingerprint density at radius 1 is 1.05 bits per heavy atom. The van der Waals surface area contributed by atoms with E-state index in [4.69, 9.17) is 16.3 Å². The Balaban J connectivity index is 2.50. The van der Waals surface area contributed by atoms with Crippen molar-refractivity contribution in [3.63, 3.8) is 0 Å². The van der Waals surface area contributed by atoms with Crippen LogP contribution in [0.1, 0.15) is 27.1 Å². The predicted molar refractivity (Wildman–Crippen MR) is 84.7 cm³/mol. The quantitative estimate of drug-likeness (QED) is 0.676. The van der Waals surface area contributed by atoms with Crippen molar-refractivity contribution >= 4 is 27.5 Å². The van der Waals surface area contributed by atoms with Gasteiger partial charge in [0, 0.05) is 10.6 Å². The largest absolute Gasteiger partial charge is 0.496 e. The Kier molecular flexibility index (Phi) is 4.54. The molecule has 1 unspecified atom stereocenters. The predicted octanol–water partition coefficient (Wildman–Crippen LogP) is 5.45. The minimum absolute atomic E-state index is 0.0969. The van der Waals surface area contributed by atoms with Crippen molar-refractivity contribution < 1.29 is 4.74 Å². The number of rotatable bonds is 3. The van der Waals surface area contributed by atoms with Crippen molar-refractivity contribution in [2.75, 3.05) is 7.11 Å². The van der Waals surface area contributed by atoms with Crippen molar-refractivity contribution in [2.24, 2.45) is 0 Å². The van der Waals surface area contributed by atoms with Crippen LogP contribution in [0.5, 0.6) is 5.75 Å². The van der Waals surface area contributed by atoms with Gasteiger partial charge in [0.25, 0.3) is 0 Å². The molecule has 0 bridgehead atoms. The second-order valence-corrected chi connectivity index (χ2v) is 5.89. The van der Waals surface area contributed by atoms with Crippen LogP contribution in [-0.2, 0) is 0 Å². The molecule has 2 rings (SSSR count). The van der Waals surface area contributed by atoms with E-state index in [1.54, 1.807) is 7.11 Å². The molecule has 2 aromatic carbocycles. The molecule has 0 aromatic heterocycles. The Hall–Kier alpha value is -0.990. The molecule has 3 heteroatoms. The molecular formula is C16H16BrClO. The van der Waals surface area contributed by atoms with Gasteiger partial charge in [-0.1, -0.05) is 51.8 Å². The fraction of sp³-hybridized carbons (Fsp3) is 0.250. The van der Waals surface area contributed by atoms with E-state index in [1.165, 1.54) is 11.1 Å². The average Bonchev–Trinajstić information content (AvgIpc) is 2.42. The van der Waals surface area contributed by atoms with E-state index in [-0.39, 0.29) is 4.83 Å².